The molecule has 392 valence electrons. The molecule has 0 aromatic carbocycles. The first-order valence-corrected chi connectivity index (χ1v) is 21.1. The molecule has 0 aromatic heterocycles. The maximum atomic E-state index is 11.5. The molecule has 0 amide bonds. The van der Waals surface area contributed by atoms with E-state index in [9.17, 15) is 102 Å². The average Bonchev–Trinajstić information content (AvgIpc) is 3.31. The van der Waals surface area contributed by atoms with Gasteiger partial charge in [0, 0.05) is 0 Å². The fourth-order valence-corrected chi connectivity index (χ4v) is 8.49. The summed E-state index contributed by atoms with van der Waals surface area (Å²) in [5.74, 6) is 0. The monoisotopic (exact) mass is 990 g/mol. The summed E-state index contributed by atoms with van der Waals surface area (Å²) >= 11 is 0. The number of aliphatic hydroxyl groups excluding tert-OH is 20. The predicted octanol–water partition coefficient (Wildman–Crippen LogP) is -14.1. The van der Waals surface area contributed by atoms with Crippen molar-refractivity contribution in [2.45, 2.75) is 184 Å². The van der Waals surface area contributed by atoms with Crippen molar-refractivity contribution in [3.63, 3.8) is 0 Å². The Morgan fingerprint density at radius 1 is 0.224 bits per heavy atom. The van der Waals surface area contributed by atoms with Crippen LogP contribution in [0.4, 0.5) is 0 Å². The Morgan fingerprint density at radius 3 is 0.687 bits per heavy atom. The summed E-state index contributed by atoms with van der Waals surface area (Å²) in [6, 6.07) is 0. The van der Waals surface area contributed by atoms with Gasteiger partial charge >= 0.3 is 0 Å². The van der Waals surface area contributed by atoms with Gasteiger partial charge in [-0.1, -0.05) is 0 Å². The maximum absolute atomic E-state index is 11.5. The fraction of sp³-hybridized carbons (Fsp3) is 1.00. The van der Waals surface area contributed by atoms with Crippen molar-refractivity contribution in [1.82, 2.24) is 0 Å². The van der Waals surface area contributed by atoms with Gasteiger partial charge in [-0.3, -0.25) is 0 Å². The topological polar surface area (TPSA) is 506 Å². The lowest BCUT2D eigenvalue weighted by atomic mass is 9.95. The molecule has 67 heavy (non-hydrogen) atoms. The van der Waals surface area contributed by atoms with Gasteiger partial charge in [0.25, 0.3) is 0 Å². The van der Waals surface area contributed by atoms with Crippen LogP contribution < -0.4 is 0 Å². The first-order valence-electron chi connectivity index (χ1n) is 21.1. The molecule has 0 spiro atoms. The van der Waals surface area contributed by atoms with Crippen molar-refractivity contribution in [1.29, 1.82) is 0 Å². The van der Waals surface area contributed by atoms with E-state index < -0.39 is 224 Å². The van der Waals surface area contributed by atoms with Crippen LogP contribution in [0.3, 0.4) is 0 Å². The molecule has 31 nitrogen and oxygen atoms in total. The Labute approximate surface area is 378 Å². The van der Waals surface area contributed by atoms with Crippen molar-refractivity contribution >= 4 is 0 Å². The van der Waals surface area contributed by atoms with Crippen molar-refractivity contribution in [3.05, 3.63) is 0 Å². The van der Waals surface area contributed by atoms with Crippen LogP contribution in [0.25, 0.3) is 0 Å². The third-order valence-electron chi connectivity index (χ3n) is 12.4. The zero-order chi connectivity index (χ0) is 49.3. The fourth-order valence-electron chi connectivity index (χ4n) is 8.49. The number of hydrogen-bond donors (Lipinski definition) is 20. The number of aliphatic hydroxyl groups is 20. The highest BCUT2D eigenvalue weighted by Gasteiger charge is 2.58. The van der Waals surface area contributed by atoms with E-state index in [1.165, 1.54) is 0 Å². The summed E-state index contributed by atoms with van der Waals surface area (Å²) in [6.07, 6.45) is -58.5. The minimum atomic E-state index is -2.26. The molecule has 20 N–H and O–H groups in total. The average molecular weight is 991 g/mol. The van der Waals surface area contributed by atoms with Crippen molar-refractivity contribution < 1.29 is 154 Å². The van der Waals surface area contributed by atoms with E-state index in [1.54, 1.807) is 0 Å². The van der Waals surface area contributed by atoms with Crippen LogP contribution in [-0.4, -0.2) is 326 Å². The minimum Gasteiger partial charge on any atom is -0.394 e. The van der Waals surface area contributed by atoms with Gasteiger partial charge in [0.2, 0.25) is 0 Å². The number of ether oxygens (including phenoxy) is 11. The van der Waals surface area contributed by atoms with Crippen molar-refractivity contribution in [2.24, 2.45) is 0 Å². The smallest absolute Gasteiger partial charge is 0.187 e. The highest BCUT2D eigenvalue weighted by molar-refractivity contribution is 5.00. The van der Waals surface area contributed by atoms with Gasteiger partial charge in [-0.2, -0.15) is 0 Å². The van der Waals surface area contributed by atoms with Crippen LogP contribution in [0.15, 0.2) is 0 Å². The highest BCUT2D eigenvalue weighted by Crippen LogP contribution is 2.37. The zero-order valence-corrected chi connectivity index (χ0v) is 35.0. The van der Waals surface area contributed by atoms with Crippen LogP contribution >= 0.6 is 0 Å². The molecule has 0 aliphatic carbocycles. The second-order valence-corrected chi connectivity index (χ2v) is 16.8. The van der Waals surface area contributed by atoms with Gasteiger partial charge in [0.1, 0.15) is 146 Å². The molecule has 31 heteroatoms. The summed E-state index contributed by atoms with van der Waals surface area (Å²) in [5, 5.41) is 211. The van der Waals surface area contributed by atoms with Gasteiger partial charge in [-0.05, 0) is 0 Å². The lowest BCUT2D eigenvalue weighted by Gasteiger charge is -2.50. The molecular weight excluding hydrogens is 928 g/mol. The molecule has 6 aliphatic rings. The third-order valence-corrected chi connectivity index (χ3v) is 12.4. The Morgan fingerprint density at radius 2 is 0.433 bits per heavy atom. The standard InChI is InChI=1S/C36H62O31/c37-1-7-13(43)19(49)20(50)32(58-7)64-27-15(45)9(3-39)60-34(22(27)52)66-29-17(47)11(5-41)62-36(24(29)54)67-30-18(48)12(6-42)61-35(25(30)55)65-28-16(46)10(4-40)59-33(23(28)53)63-26-14(44)8(2-38)57-31(56)21(26)51/h7-56H,1-6H2/t7?,8?,9?,10?,11?,12?,13?,14-,15-,16?,17?,18-,19?,20?,21?,22?,23?,24?,25?,26-,27-,28?,29?,30-,31+,32?,33?,34-,35-,36?/m0/s1. The Balaban J connectivity index is 1.18. The quantitative estimate of drug-likeness (QED) is 0.0683. The second-order valence-electron chi connectivity index (χ2n) is 16.8. The molecule has 6 rings (SSSR count). The van der Waals surface area contributed by atoms with E-state index in [1.807, 2.05) is 0 Å². The molecule has 6 aliphatic heterocycles. The van der Waals surface area contributed by atoms with Gasteiger partial charge in [0.15, 0.2) is 37.7 Å². The molecule has 0 aromatic rings. The number of rotatable bonds is 16. The summed E-state index contributed by atoms with van der Waals surface area (Å²) in [7, 11) is 0. The molecule has 6 heterocycles. The van der Waals surface area contributed by atoms with Gasteiger partial charge in [-0.15, -0.1) is 0 Å². The van der Waals surface area contributed by atoms with Crippen LogP contribution in [0, 0.1) is 0 Å². The minimum absolute atomic E-state index is 0.862. The second kappa shape index (κ2) is 23.5. The van der Waals surface area contributed by atoms with E-state index in [0.29, 0.717) is 0 Å². The molecule has 0 bridgehead atoms. The highest BCUT2D eigenvalue weighted by atomic mass is 16.8. The van der Waals surface area contributed by atoms with Crippen molar-refractivity contribution in [2.75, 3.05) is 39.6 Å². The summed E-state index contributed by atoms with van der Waals surface area (Å²) in [6.45, 7) is -5.79. The van der Waals surface area contributed by atoms with E-state index in [-0.39, 0.29) is 0 Å². The lowest BCUT2D eigenvalue weighted by Crippen LogP contribution is -2.68. The molecule has 6 fully saturated rings. The van der Waals surface area contributed by atoms with E-state index in [4.69, 9.17) is 52.1 Å². The summed E-state index contributed by atoms with van der Waals surface area (Å²) in [4.78, 5) is 0. The lowest BCUT2D eigenvalue weighted by molar-refractivity contribution is -0.398. The summed E-state index contributed by atoms with van der Waals surface area (Å²) < 4.78 is 60.4. The zero-order valence-electron chi connectivity index (χ0n) is 35.0. The van der Waals surface area contributed by atoms with Gasteiger partial charge in [-0.25, -0.2) is 0 Å². The third kappa shape index (κ3) is 11.2. The SMILES string of the molecule is OCC1OC(O[C@@H]2C(O)[C@H](OC3C(O)C(CO)OC(O[C@@H]4C(O)[C@H](OC5C(O)C(CO)OC(O[C@@H]6C(O)[C@H](O)OC(CO)[C@@H]6O)C5O)OC(CO)[C@@H]4O)C3O)OC(CO)[C@@H]2O)C(O)C(O)C1O. The molecule has 21 unspecified atom stereocenters. The first-order chi connectivity index (χ1) is 31.8. The Hall–Kier alpha value is -1.24. The van der Waals surface area contributed by atoms with E-state index in [2.05, 4.69) is 0 Å². The summed E-state index contributed by atoms with van der Waals surface area (Å²) in [5.41, 5.74) is 0. The molecule has 30 atom stereocenters. The maximum Gasteiger partial charge on any atom is 0.187 e. The number of hydrogen-bond acceptors (Lipinski definition) is 31. The normalized spacial score (nSPS) is 53.4. The van der Waals surface area contributed by atoms with E-state index >= 15 is 0 Å². The Kier molecular flexibility index (Phi) is 19.4. The molecule has 6 saturated heterocycles. The Bertz CT molecular complexity index is 1510. The molecule has 0 radical (unpaired) electrons. The van der Waals surface area contributed by atoms with Crippen LogP contribution in [0.1, 0.15) is 0 Å². The van der Waals surface area contributed by atoms with Crippen LogP contribution in [-0.2, 0) is 52.1 Å². The van der Waals surface area contributed by atoms with Crippen LogP contribution in [0.5, 0.6) is 0 Å². The molecule has 0 saturated carbocycles. The van der Waals surface area contributed by atoms with Gasteiger partial charge < -0.3 is 154 Å². The van der Waals surface area contributed by atoms with Crippen molar-refractivity contribution in [3.8, 4) is 0 Å². The molecular formula is C36H62O31. The predicted molar refractivity (Wildman–Crippen MR) is 199 cm³/mol. The first kappa shape index (κ1) is 55.1. The van der Waals surface area contributed by atoms with E-state index in [0.717, 1.165) is 0 Å². The van der Waals surface area contributed by atoms with Crippen LogP contribution in [0.2, 0.25) is 0 Å². The van der Waals surface area contributed by atoms with Gasteiger partial charge in [0.05, 0.1) is 39.6 Å². The largest absolute Gasteiger partial charge is 0.394 e.